The lowest BCUT2D eigenvalue weighted by molar-refractivity contribution is 0.367. The van der Waals surface area contributed by atoms with Crippen LogP contribution in [0.25, 0.3) is 0 Å². The first-order valence-corrected chi connectivity index (χ1v) is 5.35. The van der Waals surface area contributed by atoms with Gasteiger partial charge in [0.05, 0.1) is 12.7 Å². The molecule has 1 aromatic carbocycles. The van der Waals surface area contributed by atoms with E-state index in [0.717, 1.165) is 0 Å². The van der Waals surface area contributed by atoms with Gasteiger partial charge in [0.25, 0.3) is 5.88 Å². The van der Waals surface area contributed by atoms with E-state index in [0.29, 0.717) is 11.3 Å². The van der Waals surface area contributed by atoms with Crippen LogP contribution >= 0.6 is 11.6 Å². The number of hydrogen-bond donors (Lipinski definition) is 0. The Labute approximate surface area is 109 Å². The van der Waals surface area contributed by atoms with Gasteiger partial charge in [-0.05, 0) is 12.1 Å². The maximum Gasteiger partial charge on any atom is 0.267 e. The zero-order valence-corrected chi connectivity index (χ0v) is 10.2. The van der Waals surface area contributed by atoms with Crippen LogP contribution in [0.2, 0.25) is 5.15 Å². The first-order valence-electron chi connectivity index (χ1n) is 4.97. The standard InChI is InChI=1S/C12H8ClN3O2/c1-17-10-11(13)15-7-16-12(10)18-9-5-3-2-4-8(9)6-14/h2-5,7H,1H3. The number of methoxy groups -OCH3 is 1. The lowest BCUT2D eigenvalue weighted by Gasteiger charge is -2.10. The minimum atomic E-state index is 0.150. The first kappa shape index (κ1) is 12.1. The van der Waals surface area contributed by atoms with Gasteiger partial charge in [-0.1, -0.05) is 23.7 Å². The molecule has 1 aromatic heterocycles. The fourth-order valence-corrected chi connectivity index (χ4v) is 1.54. The molecule has 0 saturated heterocycles. The van der Waals surface area contributed by atoms with Gasteiger partial charge in [-0.15, -0.1) is 0 Å². The number of nitriles is 1. The molecular formula is C12H8ClN3O2. The second kappa shape index (κ2) is 5.34. The third-order valence-electron chi connectivity index (χ3n) is 2.15. The molecular weight excluding hydrogens is 254 g/mol. The Balaban J connectivity index is 2.41. The molecule has 0 radical (unpaired) electrons. The molecule has 0 saturated carbocycles. The van der Waals surface area contributed by atoms with Gasteiger partial charge in [0.2, 0.25) is 5.75 Å². The Kier molecular flexibility index (Phi) is 3.60. The Hall–Kier alpha value is -2.32. The number of nitrogens with zero attached hydrogens (tertiary/aromatic N) is 3. The molecule has 0 aliphatic heterocycles. The molecule has 0 aliphatic carbocycles. The van der Waals surface area contributed by atoms with Crippen molar-refractivity contribution in [3.8, 4) is 23.4 Å². The first-order chi connectivity index (χ1) is 8.76. The van der Waals surface area contributed by atoms with Crippen LogP contribution in [0.4, 0.5) is 0 Å². The van der Waals surface area contributed by atoms with Crippen molar-refractivity contribution in [1.82, 2.24) is 9.97 Å². The fourth-order valence-electron chi connectivity index (χ4n) is 1.33. The Morgan fingerprint density at radius 3 is 2.78 bits per heavy atom. The summed E-state index contributed by atoms with van der Waals surface area (Å²) >= 11 is 5.85. The van der Waals surface area contributed by atoms with Gasteiger partial charge in [-0.2, -0.15) is 10.2 Å². The number of halogens is 1. The normalized spacial score (nSPS) is 9.61. The molecule has 18 heavy (non-hydrogen) atoms. The Morgan fingerprint density at radius 1 is 1.28 bits per heavy atom. The Morgan fingerprint density at radius 2 is 2.06 bits per heavy atom. The largest absolute Gasteiger partial charge is 0.489 e. The average molecular weight is 262 g/mol. The van der Waals surface area contributed by atoms with E-state index in [9.17, 15) is 0 Å². The van der Waals surface area contributed by atoms with E-state index in [4.69, 9.17) is 26.3 Å². The highest BCUT2D eigenvalue weighted by Crippen LogP contribution is 2.34. The third-order valence-corrected chi connectivity index (χ3v) is 2.42. The third kappa shape index (κ3) is 2.34. The van der Waals surface area contributed by atoms with Gasteiger partial charge < -0.3 is 9.47 Å². The van der Waals surface area contributed by atoms with Gasteiger partial charge in [-0.3, -0.25) is 0 Å². The predicted molar refractivity (Wildman–Crippen MR) is 64.8 cm³/mol. The van der Waals surface area contributed by atoms with Gasteiger partial charge in [0.1, 0.15) is 18.1 Å². The quantitative estimate of drug-likeness (QED) is 0.795. The van der Waals surface area contributed by atoms with E-state index in [1.54, 1.807) is 24.3 Å². The second-order valence-electron chi connectivity index (χ2n) is 3.21. The molecule has 2 rings (SSSR count). The van der Waals surface area contributed by atoms with E-state index in [1.165, 1.54) is 13.4 Å². The van der Waals surface area contributed by atoms with Gasteiger partial charge in [0.15, 0.2) is 5.15 Å². The van der Waals surface area contributed by atoms with Crippen molar-refractivity contribution in [3.05, 3.63) is 41.3 Å². The monoisotopic (exact) mass is 261 g/mol. The molecule has 0 unspecified atom stereocenters. The smallest absolute Gasteiger partial charge is 0.267 e. The number of ether oxygens (including phenoxy) is 2. The Bertz CT molecular complexity index is 611. The summed E-state index contributed by atoms with van der Waals surface area (Å²) in [6.07, 6.45) is 1.26. The van der Waals surface area contributed by atoms with Gasteiger partial charge in [0, 0.05) is 0 Å². The lowest BCUT2D eigenvalue weighted by atomic mass is 10.2. The van der Waals surface area contributed by atoms with Crippen molar-refractivity contribution in [1.29, 1.82) is 5.26 Å². The molecule has 0 N–H and O–H groups in total. The summed E-state index contributed by atoms with van der Waals surface area (Å²) < 4.78 is 10.6. The number of para-hydroxylation sites is 1. The summed E-state index contributed by atoms with van der Waals surface area (Å²) in [5.41, 5.74) is 0.397. The van der Waals surface area contributed by atoms with Crippen molar-refractivity contribution in [2.24, 2.45) is 0 Å². The molecule has 6 heteroatoms. The highest BCUT2D eigenvalue weighted by atomic mass is 35.5. The number of benzene rings is 1. The lowest BCUT2D eigenvalue weighted by Crippen LogP contribution is -1.96. The highest BCUT2D eigenvalue weighted by molar-refractivity contribution is 6.31. The van der Waals surface area contributed by atoms with Crippen LogP contribution in [0, 0.1) is 11.3 Å². The summed E-state index contributed by atoms with van der Waals surface area (Å²) in [6.45, 7) is 0. The zero-order valence-electron chi connectivity index (χ0n) is 9.42. The van der Waals surface area contributed by atoms with Crippen molar-refractivity contribution in [2.75, 3.05) is 7.11 Å². The highest BCUT2D eigenvalue weighted by Gasteiger charge is 2.14. The molecule has 0 aliphatic rings. The summed E-state index contributed by atoms with van der Waals surface area (Å²) in [7, 11) is 1.44. The summed E-state index contributed by atoms with van der Waals surface area (Å²) in [6, 6.07) is 8.83. The van der Waals surface area contributed by atoms with Crippen LogP contribution in [0.1, 0.15) is 5.56 Å². The van der Waals surface area contributed by atoms with Crippen LogP contribution in [-0.2, 0) is 0 Å². The van der Waals surface area contributed by atoms with Crippen LogP contribution in [0.3, 0.4) is 0 Å². The SMILES string of the molecule is COc1c(Cl)ncnc1Oc1ccccc1C#N. The topological polar surface area (TPSA) is 68.0 Å². The molecule has 0 fully saturated rings. The molecule has 0 amide bonds. The minimum Gasteiger partial charge on any atom is -0.489 e. The van der Waals surface area contributed by atoms with Crippen molar-refractivity contribution in [2.45, 2.75) is 0 Å². The van der Waals surface area contributed by atoms with Crippen LogP contribution < -0.4 is 9.47 Å². The van der Waals surface area contributed by atoms with E-state index in [-0.39, 0.29) is 16.8 Å². The molecule has 2 aromatic rings. The second-order valence-corrected chi connectivity index (χ2v) is 3.57. The van der Waals surface area contributed by atoms with Crippen molar-refractivity contribution < 1.29 is 9.47 Å². The van der Waals surface area contributed by atoms with E-state index >= 15 is 0 Å². The van der Waals surface area contributed by atoms with Crippen LogP contribution in [0.5, 0.6) is 17.4 Å². The number of aromatic nitrogens is 2. The van der Waals surface area contributed by atoms with Gasteiger partial charge >= 0.3 is 0 Å². The summed E-state index contributed by atoms with van der Waals surface area (Å²) in [5, 5.41) is 9.11. The van der Waals surface area contributed by atoms with E-state index in [2.05, 4.69) is 9.97 Å². The summed E-state index contributed by atoms with van der Waals surface area (Å²) in [5.74, 6) is 0.778. The minimum absolute atomic E-state index is 0.150. The van der Waals surface area contributed by atoms with Gasteiger partial charge in [-0.25, -0.2) is 4.98 Å². The number of rotatable bonds is 3. The average Bonchev–Trinajstić information content (AvgIpc) is 2.40. The molecule has 5 nitrogen and oxygen atoms in total. The molecule has 0 atom stereocenters. The predicted octanol–water partition coefficient (Wildman–Crippen LogP) is 2.80. The van der Waals surface area contributed by atoms with Crippen molar-refractivity contribution >= 4 is 11.6 Å². The zero-order chi connectivity index (χ0) is 13.0. The molecule has 0 bridgehead atoms. The van der Waals surface area contributed by atoms with Crippen molar-refractivity contribution in [3.63, 3.8) is 0 Å². The van der Waals surface area contributed by atoms with Crippen LogP contribution in [-0.4, -0.2) is 17.1 Å². The summed E-state index contributed by atoms with van der Waals surface area (Å²) in [4.78, 5) is 7.71. The van der Waals surface area contributed by atoms with Crippen LogP contribution in [0.15, 0.2) is 30.6 Å². The molecule has 90 valence electrons. The fraction of sp³-hybridized carbons (Fsp3) is 0.0833. The molecule has 0 spiro atoms. The maximum absolute atomic E-state index is 8.96. The van der Waals surface area contributed by atoms with E-state index in [1.807, 2.05) is 6.07 Å². The molecule has 1 heterocycles. The number of hydrogen-bond acceptors (Lipinski definition) is 5. The maximum atomic E-state index is 8.96. The van der Waals surface area contributed by atoms with E-state index < -0.39 is 0 Å².